The van der Waals surface area contributed by atoms with Crippen LogP contribution < -0.4 is 0 Å². The predicted molar refractivity (Wildman–Crippen MR) is 68.9 cm³/mol. The molecular weight excluding hydrogens is 297 g/mol. The van der Waals surface area contributed by atoms with Crippen molar-refractivity contribution >= 4 is 50.0 Å². The number of aromatic nitrogens is 1. The highest BCUT2D eigenvalue weighted by molar-refractivity contribution is 9.10. The average molecular weight is 305 g/mol. The molecule has 0 N–H and O–H groups in total. The maximum absolute atomic E-state index is 6.22. The van der Waals surface area contributed by atoms with Gasteiger partial charge in [-0.3, -0.25) is 0 Å². The van der Waals surface area contributed by atoms with Crippen LogP contribution in [-0.2, 0) is 0 Å². The van der Waals surface area contributed by atoms with E-state index in [1.165, 1.54) is 0 Å². The Bertz CT molecular complexity index is 552. The molecule has 0 fully saturated rings. The fourth-order valence-corrected chi connectivity index (χ4v) is 2.46. The Hall–Kier alpha value is -0.310. The molecular formula is C11H8BrCl2N. The van der Waals surface area contributed by atoms with Gasteiger partial charge in [0.2, 0.25) is 0 Å². The first kappa shape index (κ1) is 11.2. The molecule has 1 aromatic heterocycles. The zero-order chi connectivity index (χ0) is 11.2. The molecule has 0 unspecified atom stereocenters. The van der Waals surface area contributed by atoms with Gasteiger partial charge in [-0.25, -0.2) is 4.98 Å². The normalized spacial score (nSPS) is 11.0. The summed E-state index contributed by atoms with van der Waals surface area (Å²) in [7, 11) is 0. The lowest BCUT2D eigenvalue weighted by Crippen LogP contribution is -1.88. The second kappa shape index (κ2) is 3.93. The van der Waals surface area contributed by atoms with E-state index in [1.54, 1.807) is 0 Å². The number of hydrogen-bond acceptors (Lipinski definition) is 1. The van der Waals surface area contributed by atoms with E-state index < -0.39 is 0 Å². The summed E-state index contributed by atoms with van der Waals surface area (Å²) in [4.78, 5) is 4.31. The van der Waals surface area contributed by atoms with Gasteiger partial charge in [0.1, 0.15) is 5.15 Å². The highest BCUT2D eigenvalue weighted by Gasteiger charge is 2.10. The molecule has 0 atom stereocenters. The van der Waals surface area contributed by atoms with E-state index in [4.69, 9.17) is 23.2 Å². The van der Waals surface area contributed by atoms with Crippen LogP contribution in [0.4, 0.5) is 0 Å². The monoisotopic (exact) mass is 303 g/mol. The summed E-state index contributed by atoms with van der Waals surface area (Å²) in [5.74, 6) is 0. The van der Waals surface area contributed by atoms with Crippen LogP contribution in [0.5, 0.6) is 0 Å². The maximum atomic E-state index is 6.22. The van der Waals surface area contributed by atoms with Gasteiger partial charge in [0, 0.05) is 9.86 Å². The van der Waals surface area contributed by atoms with Crippen molar-refractivity contribution in [1.82, 2.24) is 4.98 Å². The quantitative estimate of drug-likeness (QED) is 0.629. The number of nitrogens with zero attached hydrogens (tertiary/aromatic N) is 1. The van der Waals surface area contributed by atoms with Gasteiger partial charge in [-0.1, -0.05) is 23.2 Å². The van der Waals surface area contributed by atoms with Crippen LogP contribution >= 0.6 is 39.1 Å². The van der Waals surface area contributed by atoms with Crippen molar-refractivity contribution in [3.8, 4) is 0 Å². The van der Waals surface area contributed by atoms with Crippen LogP contribution in [-0.4, -0.2) is 4.98 Å². The average Bonchev–Trinajstić information content (AvgIpc) is 2.18. The van der Waals surface area contributed by atoms with Crippen molar-refractivity contribution < 1.29 is 0 Å². The summed E-state index contributed by atoms with van der Waals surface area (Å²) in [6.07, 6.45) is 0. The molecule has 0 radical (unpaired) electrons. The van der Waals surface area contributed by atoms with E-state index >= 15 is 0 Å². The zero-order valence-corrected chi connectivity index (χ0v) is 11.3. The van der Waals surface area contributed by atoms with E-state index in [2.05, 4.69) is 20.9 Å². The molecule has 1 nitrogen and oxygen atoms in total. The summed E-state index contributed by atoms with van der Waals surface area (Å²) >= 11 is 15.7. The maximum Gasteiger partial charge on any atom is 0.132 e. The van der Waals surface area contributed by atoms with Crippen molar-refractivity contribution in [2.24, 2.45) is 0 Å². The third-order valence-corrected chi connectivity index (χ3v) is 3.79. The van der Waals surface area contributed by atoms with Crippen molar-refractivity contribution in [3.63, 3.8) is 0 Å². The third-order valence-electron chi connectivity index (χ3n) is 2.30. The molecule has 0 amide bonds. The van der Waals surface area contributed by atoms with Crippen LogP contribution in [0.25, 0.3) is 10.9 Å². The van der Waals surface area contributed by atoms with Gasteiger partial charge in [0.25, 0.3) is 0 Å². The summed E-state index contributed by atoms with van der Waals surface area (Å²) < 4.78 is 0.918. The molecule has 0 saturated carbocycles. The smallest absolute Gasteiger partial charge is 0.132 e. The van der Waals surface area contributed by atoms with E-state index in [9.17, 15) is 0 Å². The molecule has 0 aliphatic rings. The van der Waals surface area contributed by atoms with Gasteiger partial charge in [0.15, 0.2) is 0 Å². The first-order valence-corrected chi connectivity index (χ1v) is 5.97. The van der Waals surface area contributed by atoms with E-state index in [0.717, 1.165) is 31.5 Å². The molecule has 2 aromatic rings. The van der Waals surface area contributed by atoms with Gasteiger partial charge in [-0.15, -0.1) is 0 Å². The van der Waals surface area contributed by atoms with Crippen molar-refractivity contribution in [3.05, 3.63) is 37.9 Å². The molecule has 1 heterocycles. The Labute approximate surface area is 107 Å². The van der Waals surface area contributed by atoms with Gasteiger partial charge in [-0.05, 0) is 53.0 Å². The number of fused-ring (bicyclic) bond motifs is 1. The molecule has 4 heteroatoms. The lowest BCUT2D eigenvalue weighted by molar-refractivity contribution is 1.32. The first-order valence-electron chi connectivity index (χ1n) is 4.42. The number of pyridine rings is 1. The topological polar surface area (TPSA) is 12.9 Å². The van der Waals surface area contributed by atoms with Gasteiger partial charge in [0.05, 0.1) is 10.5 Å². The number of benzene rings is 1. The zero-order valence-electron chi connectivity index (χ0n) is 8.24. The molecule has 0 aliphatic heterocycles. The molecule has 0 aliphatic carbocycles. The van der Waals surface area contributed by atoms with E-state index in [0.29, 0.717) is 5.15 Å². The van der Waals surface area contributed by atoms with Gasteiger partial charge < -0.3 is 0 Å². The van der Waals surface area contributed by atoms with Gasteiger partial charge in [-0.2, -0.15) is 0 Å². The number of hydrogen-bond donors (Lipinski definition) is 0. The van der Waals surface area contributed by atoms with E-state index in [-0.39, 0.29) is 0 Å². The van der Waals surface area contributed by atoms with Crippen molar-refractivity contribution in [2.45, 2.75) is 13.8 Å². The van der Waals surface area contributed by atoms with Crippen LogP contribution in [0.2, 0.25) is 10.2 Å². The minimum Gasteiger partial charge on any atom is -0.235 e. The Balaban J connectivity index is 2.97. The standard InChI is InChI=1S/C11H8BrCl2N/c1-5-4-8(12)10-7(9(5)13)3-6(2)11(14)15-10/h3-4H,1-2H3. The third kappa shape index (κ3) is 1.86. The van der Waals surface area contributed by atoms with Crippen LogP contribution in [0.15, 0.2) is 16.6 Å². The Morgan fingerprint density at radius 2 is 1.80 bits per heavy atom. The Morgan fingerprint density at radius 3 is 2.47 bits per heavy atom. The van der Waals surface area contributed by atoms with Gasteiger partial charge >= 0.3 is 0 Å². The lowest BCUT2D eigenvalue weighted by Gasteiger charge is -2.07. The molecule has 78 valence electrons. The van der Waals surface area contributed by atoms with Crippen LogP contribution in [0, 0.1) is 13.8 Å². The summed E-state index contributed by atoms with van der Waals surface area (Å²) in [5, 5.41) is 2.19. The lowest BCUT2D eigenvalue weighted by atomic mass is 10.1. The molecule has 15 heavy (non-hydrogen) atoms. The first-order chi connectivity index (χ1) is 7.00. The predicted octanol–water partition coefficient (Wildman–Crippen LogP) is 4.92. The second-order valence-corrected chi connectivity index (χ2v) is 5.07. The summed E-state index contributed by atoms with van der Waals surface area (Å²) in [6.45, 7) is 3.89. The minimum absolute atomic E-state index is 0.517. The van der Waals surface area contributed by atoms with Crippen LogP contribution in [0.3, 0.4) is 0 Å². The molecule has 0 saturated heterocycles. The summed E-state index contributed by atoms with van der Waals surface area (Å²) in [6, 6.07) is 3.91. The Morgan fingerprint density at radius 1 is 1.13 bits per heavy atom. The number of halogens is 3. The van der Waals surface area contributed by atoms with Crippen molar-refractivity contribution in [2.75, 3.05) is 0 Å². The number of aryl methyl sites for hydroxylation is 2. The fraction of sp³-hybridized carbons (Fsp3) is 0.182. The molecule has 2 rings (SSSR count). The summed E-state index contributed by atoms with van der Waals surface area (Å²) in [5.41, 5.74) is 2.77. The van der Waals surface area contributed by atoms with Crippen molar-refractivity contribution in [1.29, 1.82) is 0 Å². The van der Waals surface area contributed by atoms with Crippen LogP contribution in [0.1, 0.15) is 11.1 Å². The van der Waals surface area contributed by atoms with E-state index in [1.807, 2.05) is 26.0 Å². The minimum atomic E-state index is 0.517. The SMILES string of the molecule is Cc1cc2c(Cl)c(C)cc(Br)c2nc1Cl. The Kier molecular flexibility index (Phi) is 2.93. The largest absolute Gasteiger partial charge is 0.235 e. The molecule has 0 bridgehead atoms. The number of rotatable bonds is 0. The highest BCUT2D eigenvalue weighted by Crippen LogP contribution is 2.33. The second-order valence-electron chi connectivity index (χ2n) is 3.48. The molecule has 0 spiro atoms. The highest BCUT2D eigenvalue weighted by atomic mass is 79.9. The fourth-order valence-electron chi connectivity index (χ4n) is 1.47. The molecule has 1 aromatic carbocycles.